The monoisotopic (exact) mass is 730 g/mol. The number of hydrogen-bond donors (Lipinski definition) is 0. The van der Waals surface area contributed by atoms with Crippen LogP contribution in [-0.2, 0) is 26.2 Å². The Labute approximate surface area is 300 Å². The molecule has 0 aliphatic heterocycles. The van der Waals surface area contributed by atoms with Gasteiger partial charge in [0.25, 0.3) is 0 Å². The van der Waals surface area contributed by atoms with Crippen molar-refractivity contribution in [2.45, 2.75) is 24.9 Å². The van der Waals surface area contributed by atoms with Crippen molar-refractivity contribution in [1.29, 1.82) is 0 Å². The van der Waals surface area contributed by atoms with Crippen LogP contribution in [0.1, 0.15) is 56.0 Å². The number of furan rings is 2. The minimum Gasteiger partial charge on any atom is -0.465 e. The fraction of sp³-hybridized carbons (Fsp3) is 0.100. The smallest absolute Gasteiger partial charge is 0.131 e. The van der Waals surface area contributed by atoms with Crippen LogP contribution < -0.4 is 0 Å². The van der Waals surface area contributed by atoms with E-state index in [4.69, 9.17) is 32.0 Å². The van der Waals surface area contributed by atoms with Gasteiger partial charge in [-0.2, -0.15) is 0 Å². The molecular weight excluding hydrogens is 703 g/mol. The molecular formula is C40H30Cl2O2SiZr. The van der Waals surface area contributed by atoms with Gasteiger partial charge in [-0.25, -0.2) is 0 Å². The van der Waals surface area contributed by atoms with E-state index in [1.165, 1.54) is 22.3 Å². The van der Waals surface area contributed by atoms with E-state index in [0.29, 0.717) is 0 Å². The van der Waals surface area contributed by atoms with Crippen LogP contribution in [0.15, 0.2) is 131 Å². The Balaban J connectivity index is 0.00000338. The van der Waals surface area contributed by atoms with E-state index in [2.05, 4.69) is 98.8 Å². The maximum Gasteiger partial charge on any atom is 0.131 e. The number of aryl methyl sites for hydroxylation is 2. The molecule has 6 heteroatoms. The van der Waals surface area contributed by atoms with Gasteiger partial charge in [0, 0.05) is 69.1 Å². The Kier molecular flexibility index (Phi) is 8.59. The van der Waals surface area contributed by atoms with E-state index >= 15 is 0 Å². The van der Waals surface area contributed by atoms with Gasteiger partial charge >= 0.3 is 0 Å². The largest absolute Gasteiger partial charge is 0.465 e. The first-order chi connectivity index (χ1) is 22.0. The van der Waals surface area contributed by atoms with E-state index in [-0.39, 0.29) is 37.3 Å². The quantitative estimate of drug-likeness (QED) is 0.159. The van der Waals surface area contributed by atoms with Gasteiger partial charge in [-0.1, -0.05) is 119 Å². The summed E-state index contributed by atoms with van der Waals surface area (Å²) in [4.78, 5) is 0. The predicted molar refractivity (Wildman–Crippen MR) is 190 cm³/mol. The number of halogens is 2. The average molecular weight is 733 g/mol. The summed E-state index contributed by atoms with van der Waals surface area (Å²) in [5, 5.41) is 1.55. The molecule has 2 nitrogen and oxygen atoms in total. The molecule has 0 amide bonds. The summed E-state index contributed by atoms with van der Waals surface area (Å²) in [5.74, 6) is 1.65. The maximum absolute atomic E-state index is 7.47. The van der Waals surface area contributed by atoms with Gasteiger partial charge in [0.2, 0.25) is 0 Å². The van der Waals surface area contributed by atoms with Crippen molar-refractivity contribution < 1.29 is 35.0 Å². The molecule has 0 N–H and O–H groups in total. The Morgan fingerprint density at radius 1 is 0.543 bits per heavy atom. The van der Waals surface area contributed by atoms with Crippen molar-refractivity contribution in [1.82, 2.24) is 0 Å². The van der Waals surface area contributed by atoms with Crippen LogP contribution >= 0.6 is 23.2 Å². The first kappa shape index (κ1) is 31.2. The first-order valence-electron chi connectivity index (χ1n) is 15.3. The molecule has 0 bridgehead atoms. The second-order valence-electron chi connectivity index (χ2n) is 12.0. The second-order valence-corrected chi connectivity index (χ2v) is 14.9. The van der Waals surface area contributed by atoms with Crippen molar-refractivity contribution in [3.8, 4) is 22.3 Å². The fourth-order valence-corrected chi connectivity index (χ4v) is 11.4. The third kappa shape index (κ3) is 5.20. The number of fused-ring (bicyclic) bond motifs is 2. The zero-order valence-electron chi connectivity index (χ0n) is 25.5. The van der Waals surface area contributed by atoms with E-state index in [1.54, 1.807) is 12.5 Å². The molecule has 0 fully saturated rings. The van der Waals surface area contributed by atoms with Crippen LogP contribution in [-0.4, -0.2) is 9.52 Å². The summed E-state index contributed by atoms with van der Waals surface area (Å²) in [6.07, 6.45) is 3.48. The van der Waals surface area contributed by atoms with Crippen molar-refractivity contribution in [3.05, 3.63) is 167 Å². The summed E-state index contributed by atoms with van der Waals surface area (Å²) in [6, 6.07) is 38.2. The average Bonchev–Trinajstić information content (AvgIpc) is 3.86. The SMILES string of the molecule is Cc1cc(-c2ccccc2)c2c(c1)C([SiH2]C1C(c3ccco3)=C(Cl)c3c(-c4ccccc4)cc(C)cc31)C(c1ccco1)=C2Cl.[Zr]. The molecule has 2 aromatic heterocycles. The van der Waals surface area contributed by atoms with E-state index < -0.39 is 9.52 Å². The van der Waals surface area contributed by atoms with Gasteiger partial charge in [-0.15, -0.1) is 0 Å². The van der Waals surface area contributed by atoms with Gasteiger partial charge in [-0.3, -0.25) is 0 Å². The van der Waals surface area contributed by atoms with Crippen LogP contribution in [0.2, 0.25) is 0 Å². The van der Waals surface area contributed by atoms with Gasteiger partial charge in [0.05, 0.1) is 22.6 Å². The molecule has 0 spiro atoms. The molecule has 4 aromatic carbocycles. The molecule has 6 aromatic rings. The van der Waals surface area contributed by atoms with Gasteiger partial charge in [0.15, 0.2) is 0 Å². The van der Waals surface area contributed by atoms with Crippen molar-refractivity contribution in [3.63, 3.8) is 0 Å². The number of benzene rings is 4. The molecule has 2 aliphatic rings. The Morgan fingerprint density at radius 2 is 0.957 bits per heavy atom. The summed E-state index contributed by atoms with van der Waals surface area (Å²) in [7, 11) is -1.08. The zero-order chi connectivity index (χ0) is 30.7. The molecule has 224 valence electrons. The third-order valence-electron chi connectivity index (χ3n) is 9.20. The molecule has 0 saturated carbocycles. The van der Waals surface area contributed by atoms with Crippen molar-refractivity contribution in [2.24, 2.45) is 0 Å². The Hall–Kier alpha value is -3.40. The standard InChI is InChI=1S/C40H30Cl2O2Si.Zr/c1-23-19-27(25-11-5-3-6-12-25)33-29(21-23)39(35(37(33)41)31-15-9-17-43-31)45-40-30-22-24(2)20-28(26-13-7-4-8-14-26)34(30)38(42)36(40)32-16-10-18-44-32;/h3-22,39-40H,45H2,1-2H3;. The van der Waals surface area contributed by atoms with E-state index in [1.807, 2.05) is 24.3 Å². The predicted octanol–water partition coefficient (Wildman–Crippen LogP) is 11.0. The van der Waals surface area contributed by atoms with Crippen LogP contribution in [0, 0.1) is 13.8 Å². The summed E-state index contributed by atoms with van der Waals surface area (Å²) in [6.45, 7) is 4.35. The molecule has 2 unspecified atom stereocenters. The third-order valence-corrected chi connectivity index (χ3v) is 12.6. The van der Waals surface area contributed by atoms with Gasteiger partial charge < -0.3 is 8.83 Å². The Bertz CT molecular complexity index is 1960. The normalized spacial score (nSPS) is 17.1. The zero-order valence-corrected chi connectivity index (χ0v) is 30.9. The molecule has 0 saturated heterocycles. The molecule has 0 radical (unpaired) electrons. The number of rotatable bonds is 6. The molecule has 2 aliphatic carbocycles. The van der Waals surface area contributed by atoms with E-state index in [9.17, 15) is 0 Å². The molecule has 46 heavy (non-hydrogen) atoms. The maximum atomic E-state index is 7.47. The van der Waals surface area contributed by atoms with Gasteiger partial charge in [0.1, 0.15) is 11.5 Å². The molecule has 2 heterocycles. The minimum atomic E-state index is -1.08. The minimum absolute atomic E-state index is 0. The Morgan fingerprint density at radius 3 is 1.33 bits per heavy atom. The topological polar surface area (TPSA) is 26.3 Å². The summed E-state index contributed by atoms with van der Waals surface area (Å²) >= 11 is 14.9. The number of hydrogen-bond acceptors (Lipinski definition) is 2. The van der Waals surface area contributed by atoms with Crippen LogP contribution in [0.4, 0.5) is 0 Å². The van der Waals surface area contributed by atoms with Crippen molar-refractivity contribution in [2.75, 3.05) is 0 Å². The first-order valence-corrected chi connectivity index (χ1v) is 17.7. The van der Waals surface area contributed by atoms with Gasteiger partial charge in [-0.05, 0) is 71.5 Å². The van der Waals surface area contributed by atoms with Crippen molar-refractivity contribution >= 4 is 53.9 Å². The molecule has 8 rings (SSSR count). The summed E-state index contributed by atoms with van der Waals surface area (Å²) in [5.41, 5.74) is 14.2. The fourth-order valence-electron chi connectivity index (χ4n) is 7.39. The molecule has 2 atom stereocenters. The van der Waals surface area contributed by atoms with E-state index in [0.717, 1.165) is 66.1 Å². The van der Waals surface area contributed by atoms with Crippen LogP contribution in [0.5, 0.6) is 0 Å². The summed E-state index contributed by atoms with van der Waals surface area (Å²) < 4.78 is 12.2. The van der Waals surface area contributed by atoms with Crippen LogP contribution in [0.3, 0.4) is 0 Å². The second kappa shape index (κ2) is 12.7. The number of allylic oxidation sites excluding steroid dienone is 2. The van der Waals surface area contributed by atoms with Crippen LogP contribution in [0.25, 0.3) is 43.5 Å².